The summed E-state index contributed by atoms with van der Waals surface area (Å²) >= 11 is 0. The van der Waals surface area contributed by atoms with E-state index in [1.54, 1.807) is 0 Å². The van der Waals surface area contributed by atoms with E-state index in [-0.39, 0.29) is 32.7 Å². The summed E-state index contributed by atoms with van der Waals surface area (Å²) in [4.78, 5) is 0. The molecule has 1 atom stereocenters. The smallest absolute Gasteiger partial charge is 0.0212 e. The minimum absolute atomic E-state index is 0. The van der Waals surface area contributed by atoms with Crippen molar-refractivity contribution >= 4 is 5.70 Å². The SMILES string of the molecule is C#Cc1ccc(C2=[C-]CC(C)C(=C)N2)cc1.[Y]. The average Bonchev–Trinajstić information content (AvgIpc) is 2.33. The van der Waals surface area contributed by atoms with Gasteiger partial charge in [0.15, 0.2) is 0 Å². The number of rotatable bonds is 1. The molecule has 1 unspecified atom stereocenters. The van der Waals surface area contributed by atoms with Crippen LogP contribution < -0.4 is 5.32 Å². The third-order valence-corrected chi connectivity index (χ3v) is 2.81. The maximum atomic E-state index is 5.32. The molecule has 1 N–H and O–H groups in total. The van der Waals surface area contributed by atoms with Gasteiger partial charge in [-0.2, -0.15) is 5.56 Å². The van der Waals surface area contributed by atoms with E-state index < -0.39 is 0 Å². The second-order valence-electron chi connectivity index (χ2n) is 4.03. The Kier molecular flexibility index (Phi) is 5.18. The Labute approximate surface area is 128 Å². The predicted octanol–water partition coefficient (Wildman–Crippen LogP) is 2.95. The average molecular weight is 297 g/mol. The van der Waals surface area contributed by atoms with Crippen molar-refractivity contribution in [3.8, 4) is 12.3 Å². The molecular weight excluding hydrogens is 283 g/mol. The summed E-state index contributed by atoms with van der Waals surface area (Å²) in [7, 11) is 0. The molecule has 1 nitrogen and oxygen atoms in total. The van der Waals surface area contributed by atoms with Gasteiger partial charge in [-0.1, -0.05) is 31.6 Å². The first-order chi connectivity index (χ1) is 7.70. The van der Waals surface area contributed by atoms with Crippen molar-refractivity contribution < 1.29 is 32.7 Å². The molecule has 0 bridgehead atoms. The second kappa shape index (κ2) is 6.19. The van der Waals surface area contributed by atoms with Gasteiger partial charge in [0.25, 0.3) is 0 Å². The minimum atomic E-state index is 0. The van der Waals surface area contributed by atoms with E-state index in [2.05, 4.69) is 30.8 Å². The zero-order valence-corrected chi connectivity index (χ0v) is 12.8. The summed E-state index contributed by atoms with van der Waals surface area (Å²) in [5, 5.41) is 3.28. The fourth-order valence-electron chi connectivity index (χ4n) is 1.61. The second-order valence-corrected chi connectivity index (χ2v) is 4.03. The summed E-state index contributed by atoms with van der Waals surface area (Å²) < 4.78 is 0. The van der Waals surface area contributed by atoms with Crippen LogP contribution in [0.1, 0.15) is 24.5 Å². The Balaban J connectivity index is 0.00000144. The minimum Gasteiger partial charge on any atom is -0.393 e. The van der Waals surface area contributed by atoms with Crippen LogP contribution >= 0.6 is 0 Å². The van der Waals surface area contributed by atoms with Crippen molar-refractivity contribution in [3.63, 3.8) is 0 Å². The van der Waals surface area contributed by atoms with Gasteiger partial charge in [-0.05, 0) is 5.92 Å². The van der Waals surface area contributed by atoms with Crippen molar-refractivity contribution in [1.29, 1.82) is 0 Å². The maximum Gasteiger partial charge on any atom is 0.0212 e. The standard InChI is InChI=1S/C15H14N.Y/c1-4-13-6-8-14(9-7-13)15-10-5-11(2)12(3)16-15;/h1,6-9,11,16H,3,5H2,2H3;/q-1;. The van der Waals surface area contributed by atoms with Crippen molar-refractivity contribution in [2.45, 2.75) is 13.3 Å². The fourth-order valence-corrected chi connectivity index (χ4v) is 1.61. The molecule has 0 amide bonds. The largest absolute Gasteiger partial charge is 0.393 e. The van der Waals surface area contributed by atoms with Gasteiger partial charge in [0.1, 0.15) is 0 Å². The van der Waals surface area contributed by atoms with Crippen LogP contribution in [0.2, 0.25) is 0 Å². The first-order valence-electron chi connectivity index (χ1n) is 5.34. The third kappa shape index (κ3) is 3.31. The summed E-state index contributed by atoms with van der Waals surface area (Å²) in [6.07, 6.45) is 9.58. The Hall–Kier alpha value is -0.836. The molecule has 2 rings (SSSR count). The molecule has 1 aromatic carbocycles. The Morgan fingerprint density at radius 3 is 2.59 bits per heavy atom. The number of terminal acetylenes is 1. The summed E-state index contributed by atoms with van der Waals surface area (Å²) in [6.45, 7) is 6.14. The van der Waals surface area contributed by atoms with Gasteiger partial charge < -0.3 is 5.32 Å². The first kappa shape index (κ1) is 14.2. The van der Waals surface area contributed by atoms with Crippen LogP contribution in [0.15, 0.2) is 36.5 Å². The van der Waals surface area contributed by atoms with Gasteiger partial charge in [-0.15, -0.1) is 30.7 Å². The zero-order valence-electron chi connectivity index (χ0n) is 9.96. The molecule has 1 aliphatic rings. The van der Waals surface area contributed by atoms with Gasteiger partial charge in [0.05, 0.1) is 0 Å². The van der Waals surface area contributed by atoms with Crippen LogP contribution in [0.4, 0.5) is 0 Å². The van der Waals surface area contributed by atoms with E-state index in [0.29, 0.717) is 5.92 Å². The maximum absolute atomic E-state index is 5.32. The van der Waals surface area contributed by atoms with Gasteiger partial charge in [-0.25, -0.2) is 6.08 Å². The summed E-state index contributed by atoms with van der Waals surface area (Å²) in [5.41, 5.74) is 4.06. The monoisotopic (exact) mass is 297 g/mol. The van der Waals surface area contributed by atoms with E-state index in [1.165, 1.54) is 0 Å². The number of nitrogens with one attached hydrogen (secondary N) is 1. The molecule has 0 spiro atoms. The number of hydrogen-bond donors (Lipinski definition) is 1. The summed E-state index contributed by atoms with van der Waals surface area (Å²) in [5.74, 6) is 3.06. The van der Waals surface area contributed by atoms with Crippen LogP contribution in [-0.2, 0) is 32.7 Å². The van der Waals surface area contributed by atoms with Crippen molar-refractivity contribution in [1.82, 2.24) is 5.32 Å². The van der Waals surface area contributed by atoms with E-state index in [9.17, 15) is 0 Å². The van der Waals surface area contributed by atoms with Crippen LogP contribution in [0.5, 0.6) is 0 Å². The van der Waals surface area contributed by atoms with Crippen LogP contribution in [0.25, 0.3) is 5.70 Å². The molecule has 1 radical (unpaired) electrons. The van der Waals surface area contributed by atoms with Gasteiger partial charge >= 0.3 is 0 Å². The normalized spacial score (nSPS) is 18.5. The van der Waals surface area contributed by atoms with Crippen molar-refractivity contribution in [2.75, 3.05) is 0 Å². The predicted molar refractivity (Wildman–Crippen MR) is 67.1 cm³/mol. The molecule has 1 heterocycles. The molecule has 0 aromatic heterocycles. The molecule has 0 fully saturated rings. The van der Waals surface area contributed by atoms with Gasteiger partial charge in [0.2, 0.25) is 0 Å². The van der Waals surface area contributed by atoms with E-state index in [1.807, 2.05) is 24.3 Å². The molecule has 83 valence electrons. The third-order valence-electron chi connectivity index (χ3n) is 2.81. The first-order valence-corrected chi connectivity index (χ1v) is 5.34. The van der Waals surface area contributed by atoms with E-state index >= 15 is 0 Å². The molecule has 0 saturated heterocycles. The Bertz CT molecular complexity index is 477. The topological polar surface area (TPSA) is 12.0 Å². The van der Waals surface area contributed by atoms with E-state index in [4.69, 9.17) is 6.42 Å². The molecule has 0 saturated carbocycles. The molecule has 1 aliphatic heterocycles. The zero-order chi connectivity index (χ0) is 11.5. The summed E-state index contributed by atoms with van der Waals surface area (Å²) in [6, 6.07) is 7.89. The van der Waals surface area contributed by atoms with Crippen molar-refractivity contribution in [3.05, 3.63) is 53.7 Å². The van der Waals surface area contributed by atoms with Crippen LogP contribution in [0.3, 0.4) is 0 Å². The van der Waals surface area contributed by atoms with E-state index in [0.717, 1.165) is 28.9 Å². The molecular formula is C15H14NY-. The van der Waals surface area contributed by atoms with Crippen LogP contribution in [-0.4, -0.2) is 0 Å². The number of hydrogen-bond acceptors (Lipinski definition) is 1. The molecule has 17 heavy (non-hydrogen) atoms. The number of allylic oxidation sites excluding steroid dienone is 2. The molecule has 2 heteroatoms. The quantitative estimate of drug-likeness (QED) is 0.621. The van der Waals surface area contributed by atoms with Gasteiger partial charge in [-0.3, -0.25) is 0 Å². The van der Waals surface area contributed by atoms with Crippen molar-refractivity contribution in [2.24, 2.45) is 5.92 Å². The Morgan fingerprint density at radius 1 is 1.41 bits per heavy atom. The molecule has 1 aromatic rings. The van der Waals surface area contributed by atoms with Crippen LogP contribution in [0, 0.1) is 24.3 Å². The number of benzene rings is 1. The Morgan fingerprint density at radius 2 is 2.06 bits per heavy atom. The fraction of sp³-hybridized carbons (Fsp3) is 0.200. The molecule has 0 aliphatic carbocycles. The van der Waals surface area contributed by atoms with Gasteiger partial charge in [0, 0.05) is 44.0 Å².